The van der Waals surface area contributed by atoms with E-state index in [1.54, 1.807) is 13.8 Å². The SMILES string of the molecule is C.CC(C)O.Clc1ccc2c(c1)CCCc1cccnc1C2=C1CCNCC1. The maximum absolute atomic E-state index is 8.06. The predicted molar refractivity (Wildman–Crippen MR) is 120 cm³/mol. The van der Waals surface area contributed by atoms with Crippen LogP contribution in [-0.4, -0.2) is 29.3 Å². The minimum absolute atomic E-state index is 0. The van der Waals surface area contributed by atoms with E-state index in [-0.39, 0.29) is 13.5 Å². The van der Waals surface area contributed by atoms with E-state index in [2.05, 4.69) is 29.6 Å². The second-order valence-corrected chi connectivity index (χ2v) is 7.92. The molecular formula is C24H33ClN2O. The van der Waals surface area contributed by atoms with Gasteiger partial charge in [0.15, 0.2) is 0 Å². The maximum atomic E-state index is 8.06. The van der Waals surface area contributed by atoms with Crippen LogP contribution in [0.25, 0.3) is 5.57 Å². The molecule has 1 saturated heterocycles. The Kier molecular flexibility index (Phi) is 8.68. The van der Waals surface area contributed by atoms with E-state index < -0.39 is 0 Å². The first kappa shape index (κ1) is 22.6. The summed E-state index contributed by atoms with van der Waals surface area (Å²) in [6.07, 6.45) is 7.29. The summed E-state index contributed by atoms with van der Waals surface area (Å²) in [6, 6.07) is 10.7. The zero-order chi connectivity index (χ0) is 19.2. The third-order valence-electron chi connectivity index (χ3n) is 4.92. The zero-order valence-corrected chi connectivity index (χ0v) is 17.0. The van der Waals surface area contributed by atoms with Crippen molar-refractivity contribution in [3.63, 3.8) is 0 Å². The molecule has 1 fully saturated rings. The fourth-order valence-electron chi connectivity index (χ4n) is 3.81. The average molecular weight is 401 g/mol. The van der Waals surface area contributed by atoms with Gasteiger partial charge in [0, 0.05) is 22.9 Å². The van der Waals surface area contributed by atoms with Crippen LogP contribution < -0.4 is 5.32 Å². The number of aromatic nitrogens is 1. The summed E-state index contributed by atoms with van der Waals surface area (Å²) in [5.74, 6) is 0. The van der Waals surface area contributed by atoms with E-state index in [0.717, 1.165) is 50.2 Å². The van der Waals surface area contributed by atoms with E-state index in [0.29, 0.717) is 0 Å². The summed E-state index contributed by atoms with van der Waals surface area (Å²) in [6.45, 7) is 5.56. The Morgan fingerprint density at radius 3 is 2.43 bits per heavy atom. The smallest absolute Gasteiger partial charge is 0.0739 e. The van der Waals surface area contributed by atoms with Crippen molar-refractivity contribution in [2.24, 2.45) is 0 Å². The predicted octanol–water partition coefficient (Wildman–Crippen LogP) is 5.43. The summed E-state index contributed by atoms with van der Waals surface area (Å²) in [7, 11) is 0. The minimum atomic E-state index is -0.167. The van der Waals surface area contributed by atoms with E-state index in [1.807, 2.05) is 12.3 Å². The van der Waals surface area contributed by atoms with Gasteiger partial charge in [-0.1, -0.05) is 36.7 Å². The van der Waals surface area contributed by atoms with Gasteiger partial charge in [0.25, 0.3) is 0 Å². The molecule has 2 heterocycles. The van der Waals surface area contributed by atoms with Gasteiger partial charge in [-0.15, -0.1) is 0 Å². The Morgan fingerprint density at radius 2 is 1.71 bits per heavy atom. The van der Waals surface area contributed by atoms with Crippen molar-refractivity contribution in [1.29, 1.82) is 0 Å². The van der Waals surface area contributed by atoms with Crippen molar-refractivity contribution in [3.05, 3.63) is 69.5 Å². The zero-order valence-electron chi connectivity index (χ0n) is 16.3. The first-order valence-electron chi connectivity index (χ1n) is 9.90. The number of aliphatic hydroxyl groups excluding tert-OH is 1. The number of pyridine rings is 1. The van der Waals surface area contributed by atoms with Crippen LogP contribution in [0.4, 0.5) is 0 Å². The summed E-state index contributed by atoms with van der Waals surface area (Å²) in [5.41, 5.74) is 8.19. The topological polar surface area (TPSA) is 45.2 Å². The number of hydrogen-bond donors (Lipinski definition) is 2. The quantitative estimate of drug-likeness (QED) is 0.619. The Morgan fingerprint density at radius 1 is 1.04 bits per heavy atom. The molecule has 1 aliphatic heterocycles. The second kappa shape index (κ2) is 10.8. The number of rotatable bonds is 0. The van der Waals surface area contributed by atoms with Crippen molar-refractivity contribution in [3.8, 4) is 0 Å². The second-order valence-electron chi connectivity index (χ2n) is 7.49. The lowest BCUT2D eigenvalue weighted by molar-refractivity contribution is 0.216. The molecule has 3 nitrogen and oxygen atoms in total. The Balaban J connectivity index is 0.000000515. The van der Waals surface area contributed by atoms with Crippen molar-refractivity contribution in [2.75, 3.05) is 13.1 Å². The molecule has 1 aliphatic carbocycles. The standard InChI is InChI=1S/C20H21ClN2.C3H8O.CH4/c21-17-6-7-18-16(13-17)4-1-3-15-5-2-10-23-20(15)19(18)14-8-11-22-12-9-14;1-3(2)4;/h2,5-7,10,13,22H,1,3-4,8-9,11-12H2;3-4H,1-2H3;1H4. The highest BCUT2D eigenvalue weighted by molar-refractivity contribution is 6.30. The molecule has 152 valence electrons. The van der Waals surface area contributed by atoms with Crippen LogP contribution in [0.3, 0.4) is 0 Å². The summed E-state index contributed by atoms with van der Waals surface area (Å²) < 4.78 is 0. The number of piperidine rings is 1. The fraction of sp³-hybridized carbons (Fsp3) is 0.458. The third-order valence-corrected chi connectivity index (χ3v) is 5.15. The van der Waals surface area contributed by atoms with Crippen LogP contribution in [-0.2, 0) is 12.8 Å². The van der Waals surface area contributed by atoms with E-state index in [9.17, 15) is 0 Å². The highest BCUT2D eigenvalue weighted by atomic mass is 35.5. The number of fused-ring (bicyclic) bond motifs is 2. The lowest BCUT2D eigenvalue weighted by Gasteiger charge is -2.25. The van der Waals surface area contributed by atoms with Crippen LogP contribution in [0.1, 0.15) is 62.9 Å². The Labute approximate surface area is 174 Å². The number of nitrogens with one attached hydrogen (secondary N) is 1. The van der Waals surface area contributed by atoms with Gasteiger partial charge in [0.05, 0.1) is 5.69 Å². The van der Waals surface area contributed by atoms with Gasteiger partial charge in [-0.25, -0.2) is 0 Å². The molecule has 4 rings (SSSR count). The monoisotopic (exact) mass is 400 g/mol. The maximum Gasteiger partial charge on any atom is 0.0739 e. The Bertz CT molecular complexity index is 803. The van der Waals surface area contributed by atoms with Crippen molar-refractivity contribution < 1.29 is 5.11 Å². The molecule has 2 aliphatic rings. The van der Waals surface area contributed by atoms with Gasteiger partial charge in [0.2, 0.25) is 0 Å². The molecule has 1 aromatic heterocycles. The number of aryl methyl sites for hydroxylation is 2. The van der Waals surface area contributed by atoms with Gasteiger partial charge in [-0.05, 0) is 93.9 Å². The van der Waals surface area contributed by atoms with E-state index >= 15 is 0 Å². The van der Waals surface area contributed by atoms with Gasteiger partial charge in [0.1, 0.15) is 0 Å². The third kappa shape index (κ3) is 5.66. The van der Waals surface area contributed by atoms with Crippen LogP contribution >= 0.6 is 11.6 Å². The van der Waals surface area contributed by atoms with Crippen LogP contribution in [0.5, 0.6) is 0 Å². The first-order valence-corrected chi connectivity index (χ1v) is 10.3. The molecule has 2 aromatic rings. The van der Waals surface area contributed by atoms with Gasteiger partial charge < -0.3 is 10.4 Å². The van der Waals surface area contributed by atoms with Gasteiger partial charge in [-0.2, -0.15) is 0 Å². The molecule has 0 amide bonds. The van der Waals surface area contributed by atoms with Crippen LogP contribution in [0, 0.1) is 0 Å². The molecular weight excluding hydrogens is 368 g/mol. The Hall–Kier alpha value is -1.68. The lowest BCUT2D eigenvalue weighted by Crippen LogP contribution is -2.24. The average Bonchev–Trinajstić information content (AvgIpc) is 2.63. The van der Waals surface area contributed by atoms with Crippen LogP contribution in [0.15, 0.2) is 42.1 Å². The fourth-order valence-corrected chi connectivity index (χ4v) is 4.01. The number of nitrogens with zero attached hydrogens (tertiary/aromatic N) is 1. The van der Waals surface area contributed by atoms with Crippen LogP contribution in [0.2, 0.25) is 5.02 Å². The summed E-state index contributed by atoms with van der Waals surface area (Å²) in [5, 5.41) is 12.4. The molecule has 0 unspecified atom stereocenters. The highest BCUT2D eigenvalue weighted by Crippen LogP contribution is 2.37. The van der Waals surface area contributed by atoms with Gasteiger partial charge >= 0.3 is 0 Å². The first-order chi connectivity index (χ1) is 13.1. The summed E-state index contributed by atoms with van der Waals surface area (Å²) in [4.78, 5) is 4.79. The highest BCUT2D eigenvalue weighted by Gasteiger charge is 2.22. The summed E-state index contributed by atoms with van der Waals surface area (Å²) >= 11 is 6.26. The largest absolute Gasteiger partial charge is 0.394 e. The molecule has 4 heteroatoms. The molecule has 2 N–H and O–H groups in total. The lowest BCUT2D eigenvalue weighted by atomic mass is 9.83. The minimum Gasteiger partial charge on any atom is -0.394 e. The molecule has 0 atom stereocenters. The molecule has 0 saturated carbocycles. The van der Waals surface area contributed by atoms with Gasteiger partial charge in [-0.3, -0.25) is 4.98 Å². The molecule has 0 spiro atoms. The molecule has 0 radical (unpaired) electrons. The molecule has 28 heavy (non-hydrogen) atoms. The number of benzene rings is 1. The van der Waals surface area contributed by atoms with E-state index in [4.69, 9.17) is 21.7 Å². The molecule has 0 bridgehead atoms. The number of hydrogen-bond acceptors (Lipinski definition) is 3. The number of aliphatic hydroxyl groups is 1. The normalized spacial score (nSPS) is 16.0. The molecule has 1 aromatic carbocycles. The van der Waals surface area contributed by atoms with E-state index in [1.165, 1.54) is 33.5 Å². The number of halogens is 1. The van der Waals surface area contributed by atoms with Crippen molar-refractivity contribution in [2.45, 2.75) is 59.5 Å². The van der Waals surface area contributed by atoms with Crippen molar-refractivity contribution >= 4 is 17.2 Å². The van der Waals surface area contributed by atoms with Crippen molar-refractivity contribution in [1.82, 2.24) is 10.3 Å².